The predicted octanol–water partition coefficient (Wildman–Crippen LogP) is 4.48. The second-order valence-corrected chi connectivity index (χ2v) is 11.1. The molecule has 3 aliphatic heterocycles. The summed E-state index contributed by atoms with van der Waals surface area (Å²) < 4.78 is 5.85. The monoisotopic (exact) mass is 531 g/mol. The van der Waals surface area contributed by atoms with Crippen LogP contribution in [0.4, 0.5) is 16.2 Å². The van der Waals surface area contributed by atoms with Crippen LogP contribution in [0.5, 0.6) is 17.2 Å². The molecule has 3 N–H and O–H groups in total. The van der Waals surface area contributed by atoms with Gasteiger partial charge in [0.15, 0.2) is 11.5 Å². The van der Waals surface area contributed by atoms with Gasteiger partial charge in [0, 0.05) is 24.3 Å². The average Bonchev–Trinajstić information content (AvgIpc) is 3.26. The largest absolute Gasteiger partial charge is 0.504 e. The Kier molecular flexibility index (Phi) is 6.37. The number of piperidine rings is 1. The molecular formula is C28H29N5O4S. The number of hydrogen-bond acceptors (Lipinski definition) is 7. The first-order chi connectivity index (χ1) is 18.4. The molecule has 2 unspecified atom stereocenters. The Morgan fingerprint density at radius 2 is 2.05 bits per heavy atom. The summed E-state index contributed by atoms with van der Waals surface area (Å²) in [5.74, 6) is 0.879. The molecule has 9 nitrogen and oxygen atoms in total. The van der Waals surface area contributed by atoms with Gasteiger partial charge in [0.2, 0.25) is 5.91 Å². The molecule has 0 saturated carbocycles. The van der Waals surface area contributed by atoms with E-state index in [1.807, 2.05) is 25.1 Å². The highest BCUT2D eigenvalue weighted by atomic mass is 32.2. The molecule has 1 aromatic heterocycles. The van der Waals surface area contributed by atoms with Gasteiger partial charge in [-0.1, -0.05) is 23.9 Å². The van der Waals surface area contributed by atoms with E-state index in [0.29, 0.717) is 17.2 Å². The van der Waals surface area contributed by atoms with Crippen molar-refractivity contribution in [2.75, 3.05) is 25.0 Å². The second-order valence-electron chi connectivity index (χ2n) is 9.98. The molecule has 1 saturated heterocycles. The molecule has 2 aromatic carbocycles. The molecule has 38 heavy (non-hydrogen) atoms. The minimum absolute atomic E-state index is 0.0506. The van der Waals surface area contributed by atoms with Crippen molar-refractivity contribution in [2.45, 2.75) is 42.1 Å². The molecule has 1 fully saturated rings. The number of nitrogens with one attached hydrogen (secondary N) is 2. The Balaban J connectivity index is 1.26. The van der Waals surface area contributed by atoms with Crippen LogP contribution in [0.25, 0.3) is 0 Å². The molecular weight excluding hydrogens is 502 g/mol. The molecule has 3 atom stereocenters. The first-order valence-corrected chi connectivity index (χ1v) is 13.6. The number of aromatic nitrogens is 1. The molecule has 10 heteroatoms. The fraction of sp³-hybridized carbons (Fsp3) is 0.321. The molecule has 6 rings (SSSR count). The van der Waals surface area contributed by atoms with Gasteiger partial charge in [0.05, 0.1) is 17.4 Å². The van der Waals surface area contributed by atoms with Crippen LogP contribution >= 0.6 is 11.8 Å². The number of thioether (sulfide) groups is 1. The number of likely N-dealkylation sites (N-methyl/N-ethyl adjacent to an activating group) is 1. The van der Waals surface area contributed by atoms with Crippen molar-refractivity contribution in [3.05, 3.63) is 65.9 Å². The number of aromatic hydroxyl groups is 1. The van der Waals surface area contributed by atoms with Gasteiger partial charge in [-0.05, 0) is 75.3 Å². The number of benzene rings is 2. The Morgan fingerprint density at radius 1 is 1.21 bits per heavy atom. The highest BCUT2D eigenvalue weighted by Crippen LogP contribution is 2.51. The van der Waals surface area contributed by atoms with Crippen molar-refractivity contribution in [3.63, 3.8) is 0 Å². The first-order valence-electron chi connectivity index (χ1n) is 12.7. The number of carbonyl (C=O) groups excluding carboxylic acids is 2. The smallest absolute Gasteiger partial charge is 0.327 e. The summed E-state index contributed by atoms with van der Waals surface area (Å²) in [5, 5.41) is 16.6. The van der Waals surface area contributed by atoms with E-state index in [-0.39, 0.29) is 23.7 Å². The number of pyridine rings is 1. The summed E-state index contributed by atoms with van der Waals surface area (Å²) in [7, 11) is 2.07. The van der Waals surface area contributed by atoms with Crippen LogP contribution in [0.15, 0.2) is 59.8 Å². The number of likely N-dealkylation sites (tertiary alicyclic amines) is 1. The molecule has 3 aromatic rings. The first kappa shape index (κ1) is 24.6. The van der Waals surface area contributed by atoms with E-state index < -0.39 is 11.3 Å². The van der Waals surface area contributed by atoms with Gasteiger partial charge in [0.1, 0.15) is 16.0 Å². The minimum Gasteiger partial charge on any atom is -0.504 e. The normalized spacial score (nSPS) is 22.5. The second kappa shape index (κ2) is 9.85. The lowest BCUT2D eigenvalue weighted by Crippen LogP contribution is -2.52. The zero-order valence-corrected chi connectivity index (χ0v) is 22.0. The molecule has 4 heterocycles. The number of phenolic OH excluding ortho intramolecular Hbond substituents is 1. The standard InChI is InChI=1S/C28H29N5O4S/c1-16-14-18(37-22-8-4-3-7-21(22)34)9-10-19(16)33-20-11-12-29-27-23(20)24(31-28(33)36)25(38-27)26(35)30-17-6-5-13-32(2)15-17/h3-4,7-12,14,17,24-25,34H,5-6,13,15H2,1-2H3,(H,30,35)(H,31,36)/t17?,24?,25-/m1/s1. The zero-order chi connectivity index (χ0) is 26.4. The number of urea groups is 1. The third kappa shape index (κ3) is 4.43. The average molecular weight is 532 g/mol. The van der Waals surface area contributed by atoms with E-state index in [4.69, 9.17) is 4.74 Å². The summed E-state index contributed by atoms with van der Waals surface area (Å²) in [6.45, 7) is 3.77. The SMILES string of the molecule is Cc1cc(Oc2ccccc2O)ccc1N1C(=O)NC2c3c1ccnc3S[C@H]2C(=O)NC1CCCN(C)C1. The van der Waals surface area contributed by atoms with E-state index in [2.05, 4.69) is 27.6 Å². The Labute approximate surface area is 225 Å². The van der Waals surface area contributed by atoms with Crippen molar-refractivity contribution in [3.8, 4) is 17.2 Å². The number of carbonyl (C=O) groups is 2. The van der Waals surface area contributed by atoms with Crippen LogP contribution in [-0.4, -0.2) is 58.4 Å². The van der Waals surface area contributed by atoms with Crippen LogP contribution in [0.1, 0.15) is 30.0 Å². The Bertz CT molecular complexity index is 1420. The third-order valence-corrected chi connectivity index (χ3v) is 8.53. The minimum atomic E-state index is -0.479. The van der Waals surface area contributed by atoms with Crippen LogP contribution in [0.3, 0.4) is 0 Å². The van der Waals surface area contributed by atoms with Crippen LogP contribution in [-0.2, 0) is 4.79 Å². The van der Waals surface area contributed by atoms with Crippen LogP contribution in [0.2, 0.25) is 0 Å². The maximum atomic E-state index is 13.5. The highest BCUT2D eigenvalue weighted by molar-refractivity contribution is 8.01. The topological polar surface area (TPSA) is 107 Å². The lowest BCUT2D eigenvalue weighted by atomic mass is 9.98. The number of amides is 3. The summed E-state index contributed by atoms with van der Waals surface area (Å²) in [4.78, 5) is 35.3. The number of anilines is 2. The van der Waals surface area contributed by atoms with E-state index in [9.17, 15) is 14.7 Å². The number of rotatable bonds is 5. The predicted molar refractivity (Wildman–Crippen MR) is 145 cm³/mol. The number of nitrogens with zero attached hydrogens (tertiary/aromatic N) is 3. The van der Waals surface area contributed by atoms with Crippen LogP contribution < -0.4 is 20.3 Å². The number of aryl methyl sites for hydroxylation is 1. The van der Waals surface area contributed by atoms with Gasteiger partial charge < -0.3 is 25.4 Å². The van der Waals surface area contributed by atoms with Crippen molar-refractivity contribution in [1.82, 2.24) is 20.5 Å². The lowest BCUT2D eigenvalue weighted by molar-refractivity contribution is -0.122. The van der Waals surface area contributed by atoms with Gasteiger partial charge in [-0.3, -0.25) is 9.69 Å². The number of hydrogen-bond donors (Lipinski definition) is 3. The summed E-state index contributed by atoms with van der Waals surface area (Å²) in [6, 6.07) is 13.4. The number of para-hydroxylation sites is 2. The molecule has 196 valence electrons. The van der Waals surface area contributed by atoms with Gasteiger partial charge in [0.25, 0.3) is 0 Å². The van der Waals surface area contributed by atoms with E-state index in [1.54, 1.807) is 41.4 Å². The van der Waals surface area contributed by atoms with Crippen molar-refractivity contribution in [2.24, 2.45) is 0 Å². The quantitative estimate of drug-likeness (QED) is 0.446. The maximum Gasteiger partial charge on any atom is 0.327 e. The molecule has 0 bridgehead atoms. The molecule has 0 radical (unpaired) electrons. The molecule has 3 aliphatic rings. The fourth-order valence-corrected chi connectivity index (χ4v) is 6.68. The molecule has 0 aliphatic carbocycles. The van der Waals surface area contributed by atoms with Gasteiger partial charge in [-0.15, -0.1) is 0 Å². The van der Waals surface area contributed by atoms with Crippen molar-refractivity contribution < 1.29 is 19.4 Å². The Hall–Kier alpha value is -3.76. The van der Waals surface area contributed by atoms with E-state index >= 15 is 0 Å². The lowest BCUT2D eigenvalue weighted by Gasteiger charge is -2.35. The summed E-state index contributed by atoms with van der Waals surface area (Å²) in [6.07, 6.45) is 3.69. The Morgan fingerprint density at radius 3 is 2.84 bits per heavy atom. The van der Waals surface area contributed by atoms with Gasteiger partial charge in [-0.25, -0.2) is 9.78 Å². The van der Waals surface area contributed by atoms with E-state index in [1.165, 1.54) is 11.8 Å². The van der Waals surface area contributed by atoms with Gasteiger partial charge in [-0.2, -0.15) is 0 Å². The number of ether oxygens (including phenoxy) is 1. The highest BCUT2D eigenvalue weighted by Gasteiger charge is 2.47. The fourth-order valence-electron chi connectivity index (χ4n) is 5.44. The zero-order valence-electron chi connectivity index (χ0n) is 21.2. The van der Waals surface area contributed by atoms with Crippen LogP contribution in [0, 0.1) is 6.92 Å². The molecule has 3 amide bonds. The third-order valence-electron chi connectivity index (χ3n) is 7.24. The molecule has 0 spiro atoms. The summed E-state index contributed by atoms with van der Waals surface area (Å²) in [5.41, 5.74) is 3.11. The summed E-state index contributed by atoms with van der Waals surface area (Å²) >= 11 is 1.41. The van der Waals surface area contributed by atoms with Crippen molar-refractivity contribution in [1.29, 1.82) is 0 Å². The van der Waals surface area contributed by atoms with Gasteiger partial charge >= 0.3 is 6.03 Å². The van der Waals surface area contributed by atoms with Crippen molar-refractivity contribution >= 4 is 35.1 Å². The maximum absolute atomic E-state index is 13.5. The van der Waals surface area contributed by atoms with E-state index in [0.717, 1.165) is 47.8 Å². The number of phenols is 1.